The Morgan fingerprint density at radius 2 is 1.65 bits per heavy atom. The van der Waals surface area contributed by atoms with Crippen LogP contribution in [-0.4, -0.2) is 30.4 Å². The quantitative estimate of drug-likeness (QED) is 0.375. The first-order valence-corrected chi connectivity index (χ1v) is 9.29. The van der Waals surface area contributed by atoms with Crippen LogP contribution in [0.2, 0.25) is 0 Å². The third-order valence-corrected chi connectivity index (χ3v) is 4.31. The van der Waals surface area contributed by atoms with Crippen molar-refractivity contribution < 1.29 is 19.2 Å². The summed E-state index contributed by atoms with van der Waals surface area (Å²) in [5.74, 6) is -0.440. The van der Waals surface area contributed by atoms with Gasteiger partial charge in [0, 0.05) is 17.8 Å². The van der Waals surface area contributed by atoms with Crippen LogP contribution in [0.4, 0.5) is 22.7 Å². The molecule has 0 spiro atoms. The molecule has 0 fully saturated rings. The second-order valence-electron chi connectivity index (χ2n) is 6.41. The average molecular weight is 420 g/mol. The SMILES string of the molecule is COc1ccc([N+](=O)[O-])cc1NCC(=O)Nc1ccccc1C(=O)Nc1ccccc1. The number of ether oxygens (including phenoxy) is 1. The van der Waals surface area contributed by atoms with Crippen molar-refractivity contribution in [2.75, 3.05) is 29.6 Å². The van der Waals surface area contributed by atoms with Gasteiger partial charge in [0.15, 0.2) is 0 Å². The molecule has 0 heterocycles. The molecule has 9 nitrogen and oxygen atoms in total. The summed E-state index contributed by atoms with van der Waals surface area (Å²) >= 11 is 0. The molecule has 2 amide bonds. The molecule has 3 rings (SSSR count). The van der Waals surface area contributed by atoms with Crippen LogP contribution in [-0.2, 0) is 4.79 Å². The van der Waals surface area contributed by atoms with Crippen LogP contribution >= 0.6 is 0 Å². The van der Waals surface area contributed by atoms with Crippen LogP contribution in [0, 0.1) is 10.1 Å². The molecule has 0 radical (unpaired) electrons. The Morgan fingerprint density at radius 1 is 0.935 bits per heavy atom. The van der Waals surface area contributed by atoms with Crippen LogP contribution in [0.3, 0.4) is 0 Å². The van der Waals surface area contributed by atoms with Crippen molar-refractivity contribution in [1.29, 1.82) is 0 Å². The molecule has 0 aliphatic carbocycles. The fourth-order valence-electron chi connectivity index (χ4n) is 2.83. The molecule has 9 heteroatoms. The molecule has 3 aromatic carbocycles. The third-order valence-electron chi connectivity index (χ3n) is 4.31. The number of benzene rings is 3. The average Bonchev–Trinajstić information content (AvgIpc) is 2.78. The Balaban J connectivity index is 1.68. The molecular formula is C22H20N4O5. The minimum absolute atomic E-state index is 0.133. The number of nitro benzene ring substituents is 1. The van der Waals surface area contributed by atoms with Gasteiger partial charge in [-0.25, -0.2) is 0 Å². The Labute approximate surface area is 178 Å². The predicted molar refractivity (Wildman–Crippen MR) is 118 cm³/mol. The minimum atomic E-state index is -0.535. The summed E-state index contributed by atoms with van der Waals surface area (Å²) in [5.41, 5.74) is 1.45. The van der Waals surface area contributed by atoms with Gasteiger partial charge in [-0.2, -0.15) is 0 Å². The van der Waals surface area contributed by atoms with Crippen molar-refractivity contribution in [1.82, 2.24) is 0 Å². The molecule has 0 bridgehead atoms. The molecular weight excluding hydrogens is 400 g/mol. The molecule has 3 N–H and O–H groups in total. The van der Waals surface area contributed by atoms with Gasteiger partial charge in [-0.05, 0) is 30.3 Å². The molecule has 0 unspecified atom stereocenters. The lowest BCUT2D eigenvalue weighted by molar-refractivity contribution is -0.384. The number of anilines is 3. The number of nitrogens with one attached hydrogen (secondary N) is 3. The molecule has 0 aliphatic heterocycles. The number of hydrogen-bond acceptors (Lipinski definition) is 6. The Bertz CT molecular complexity index is 1100. The van der Waals surface area contributed by atoms with Crippen LogP contribution in [0.25, 0.3) is 0 Å². The number of para-hydroxylation sites is 2. The zero-order valence-corrected chi connectivity index (χ0v) is 16.6. The van der Waals surface area contributed by atoms with E-state index in [4.69, 9.17) is 4.74 Å². The molecule has 0 saturated carbocycles. The van der Waals surface area contributed by atoms with E-state index in [0.717, 1.165) is 0 Å². The van der Waals surface area contributed by atoms with Gasteiger partial charge in [-0.3, -0.25) is 19.7 Å². The van der Waals surface area contributed by atoms with Crippen LogP contribution in [0.15, 0.2) is 72.8 Å². The van der Waals surface area contributed by atoms with E-state index in [1.54, 1.807) is 48.5 Å². The molecule has 0 saturated heterocycles. The lowest BCUT2D eigenvalue weighted by Crippen LogP contribution is -2.24. The Kier molecular flexibility index (Phi) is 6.79. The largest absolute Gasteiger partial charge is 0.495 e. The number of hydrogen-bond donors (Lipinski definition) is 3. The van der Waals surface area contributed by atoms with Crippen molar-refractivity contribution in [2.45, 2.75) is 0 Å². The number of nitrogens with zero attached hydrogens (tertiary/aromatic N) is 1. The van der Waals surface area contributed by atoms with Crippen molar-refractivity contribution in [3.8, 4) is 5.75 Å². The molecule has 158 valence electrons. The van der Waals surface area contributed by atoms with E-state index >= 15 is 0 Å². The molecule has 3 aromatic rings. The second kappa shape index (κ2) is 9.88. The fourth-order valence-corrected chi connectivity index (χ4v) is 2.83. The van der Waals surface area contributed by atoms with E-state index in [9.17, 15) is 19.7 Å². The smallest absolute Gasteiger partial charge is 0.271 e. The maximum absolute atomic E-state index is 12.6. The molecule has 0 atom stereocenters. The van der Waals surface area contributed by atoms with Gasteiger partial charge in [-0.15, -0.1) is 0 Å². The maximum Gasteiger partial charge on any atom is 0.271 e. The number of amides is 2. The van der Waals surface area contributed by atoms with E-state index in [1.165, 1.54) is 25.3 Å². The summed E-state index contributed by atoms with van der Waals surface area (Å²) in [6, 6.07) is 19.6. The highest BCUT2D eigenvalue weighted by molar-refractivity contribution is 6.10. The first-order valence-electron chi connectivity index (χ1n) is 9.29. The number of methoxy groups -OCH3 is 1. The van der Waals surface area contributed by atoms with E-state index in [-0.39, 0.29) is 18.1 Å². The first kappa shape index (κ1) is 21.3. The van der Waals surface area contributed by atoms with Gasteiger partial charge in [-0.1, -0.05) is 30.3 Å². The summed E-state index contributed by atoms with van der Waals surface area (Å²) in [4.78, 5) is 35.5. The molecule has 0 aliphatic rings. The Hall–Kier alpha value is -4.40. The Morgan fingerprint density at radius 3 is 2.35 bits per heavy atom. The fraction of sp³-hybridized carbons (Fsp3) is 0.0909. The highest BCUT2D eigenvalue weighted by Gasteiger charge is 2.15. The van der Waals surface area contributed by atoms with Gasteiger partial charge < -0.3 is 20.7 Å². The zero-order valence-electron chi connectivity index (χ0n) is 16.6. The molecule has 0 aromatic heterocycles. The van der Waals surface area contributed by atoms with Crippen LogP contribution in [0.5, 0.6) is 5.75 Å². The van der Waals surface area contributed by atoms with E-state index in [2.05, 4.69) is 16.0 Å². The lowest BCUT2D eigenvalue weighted by atomic mass is 10.1. The van der Waals surface area contributed by atoms with E-state index in [0.29, 0.717) is 28.4 Å². The summed E-state index contributed by atoms with van der Waals surface area (Å²) in [7, 11) is 1.42. The predicted octanol–water partition coefficient (Wildman–Crippen LogP) is 3.91. The van der Waals surface area contributed by atoms with Crippen molar-refractivity contribution >= 4 is 34.6 Å². The van der Waals surface area contributed by atoms with E-state index in [1.807, 2.05) is 6.07 Å². The number of rotatable bonds is 8. The number of nitro groups is 1. The lowest BCUT2D eigenvalue weighted by Gasteiger charge is -2.13. The van der Waals surface area contributed by atoms with Crippen molar-refractivity contribution in [3.63, 3.8) is 0 Å². The highest BCUT2D eigenvalue weighted by Crippen LogP contribution is 2.28. The summed E-state index contributed by atoms with van der Waals surface area (Å²) in [5, 5.41) is 19.3. The van der Waals surface area contributed by atoms with Gasteiger partial charge in [0.25, 0.3) is 11.6 Å². The number of non-ortho nitro benzene ring substituents is 1. The maximum atomic E-state index is 12.6. The summed E-state index contributed by atoms with van der Waals surface area (Å²) < 4.78 is 5.17. The van der Waals surface area contributed by atoms with E-state index < -0.39 is 10.8 Å². The van der Waals surface area contributed by atoms with Crippen molar-refractivity contribution in [3.05, 3.63) is 88.5 Å². The van der Waals surface area contributed by atoms with Crippen molar-refractivity contribution in [2.24, 2.45) is 0 Å². The van der Waals surface area contributed by atoms with Gasteiger partial charge in [0.05, 0.1) is 35.5 Å². The normalized spacial score (nSPS) is 10.1. The third kappa shape index (κ3) is 5.57. The topological polar surface area (TPSA) is 123 Å². The highest BCUT2D eigenvalue weighted by atomic mass is 16.6. The minimum Gasteiger partial charge on any atom is -0.495 e. The summed E-state index contributed by atoms with van der Waals surface area (Å²) in [6.45, 7) is -0.188. The van der Waals surface area contributed by atoms with Crippen LogP contribution in [0.1, 0.15) is 10.4 Å². The first-order chi connectivity index (χ1) is 15.0. The van der Waals surface area contributed by atoms with Gasteiger partial charge in [0.1, 0.15) is 5.75 Å². The van der Waals surface area contributed by atoms with Gasteiger partial charge in [0.2, 0.25) is 5.91 Å². The second-order valence-corrected chi connectivity index (χ2v) is 6.41. The van der Waals surface area contributed by atoms with Gasteiger partial charge >= 0.3 is 0 Å². The number of carbonyl (C=O) groups excluding carboxylic acids is 2. The zero-order chi connectivity index (χ0) is 22.2. The number of carbonyl (C=O) groups is 2. The standard InChI is InChI=1S/C22H20N4O5/c1-31-20-12-11-16(26(29)30)13-19(20)23-14-21(27)25-18-10-6-5-9-17(18)22(28)24-15-7-3-2-4-8-15/h2-13,23H,14H2,1H3,(H,24,28)(H,25,27). The monoisotopic (exact) mass is 420 g/mol. The molecule has 31 heavy (non-hydrogen) atoms. The summed E-state index contributed by atoms with van der Waals surface area (Å²) in [6.07, 6.45) is 0. The van der Waals surface area contributed by atoms with Crippen LogP contribution < -0.4 is 20.7 Å².